The highest BCUT2D eigenvalue weighted by atomic mass is 16.3. The number of hydrogen-bond acceptors (Lipinski definition) is 2. The maximum atomic E-state index is 10.9. The van der Waals surface area contributed by atoms with Crippen molar-refractivity contribution in [2.45, 2.75) is 58.9 Å². The first-order chi connectivity index (χ1) is 11.5. The Bertz CT molecular complexity index is 542. The van der Waals surface area contributed by atoms with Gasteiger partial charge in [-0.25, -0.2) is 0 Å². The van der Waals surface area contributed by atoms with Crippen LogP contribution in [0, 0.1) is 0 Å². The number of quaternary nitrogens is 2. The van der Waals surface area contributed by atoms with Crippen LogP contribution in [-0.4, -0.2) is 49.5 Å². The van der Waals surface area contributed by atoms with E-state index in [0.717, 1.165) is 50.4 Å². The first-order valence-electron chi connectivity index (χ1n) is 9.67. The summed E-state index contributed by atoms with van der Waals surface area (Å²) >= 11 is 0. The number of phenolic OH excluding ortho intramolecular Hbond substituents is 1. The minimum atomic E-state index is -0.0700. The summed E-state index contributed by atoms with van der Waals surface area (Å²) in [5.41, 5.74) is 3.30. The predicted molar refractivity (Wildman–Crippen MR) is 103 cm³/mol. The van der Waals surface area contributed by atoms with Gasteiger partial charge in [0.05, 0.1) is 6.61 Å². The highest BCUT2D eigenvalue weighted by molar-refractivity contribution is 5.49. The molecule has 4 N–H and O–H groups in total. The third kappa shape index (κ3) is 5.19. The van der Waals surface area contributed by atoms with Crippen molar-refractivity contribution in [1.82, 2.24) is 0 Å². The van der Waals surface area contributed by atoms with Gasteiger partial charge >= 0.3 is 0 Å². The van der Waals surface area contributed by atoms with Crippen LogP contribution in [0.1, 0.15) is 58.2 Å². The topological polar surface area (TPSA) is 49.3 Å². The Labute approximate surface area is 153 Å². The molecule has 25 heavy (non-hydrogen) atoms. The predicted octanol–water partition coefficient (Wildman–Crippen LogP) is 0.263. The fourth-order valence-electron chi connectivity index (χ4n) is 3.77. The van der Waals surface area contributed by atoms with Crippen molar-refractivity contribution in [3.8, 4) is 5.75 Å². The van der Waals surface area contributed by atoms with Gasteiger partial charge < -0.3 is 20.0 Å². The first kappa shape index (κ1) is 20.2. The smallest absolute Gasteiger partial charge is 0.127 e. The van der Waals surface area contributed by atoms with E-state index < -0.39 is 0 Å². The van der Waals surface area contributed by atoms with Crippen LogP contribution < -0.4 is 9.80 Å². The third-order valence-corrected chi connectivity index (χ3v) is 5.37. The molecule has 0 bridgehead atoms. The molecule has 1 aromatic rings. The zero-order valence-electron chi connectivity index (χ0n) is 17.0. The number of piperazine rings is 1. The largest absolute Gasteiger partial charge is 0.507 e. The standard InChI is InChI=1S/C21H36N2O2/c1-20(2,3)17-13-16(14-18(19(17)25)21(4,5)6)15-23-9-7-22(8-10-23)11-12-24/h13-14,24-25H,7-12,15H2,1-6H3/p+2. The van der Waals surface area contributed by atoms with Crippen molar-refractivity contribution in [1.29, 1.82) is 0 Å². The second-order valence-electron chi connectivity index (χ2n) is 9.69. The summed E-state index contributed by atoms with van der Waals surface area (Å²) in [4.78, 5) is 3.12. The van der Waals surface area contributed by atoms with Gasteiger partial charge in [0.25, 0.3) is 0 Å². The number of benzene rings is 1. The van der Waals surface area contributed by atoms with Crippen molar-refractivity contribution < 1.29 is 20.0 Å². The van der Waals surface area contributed by atoms with Crippen molar-refractivity contribution in [3.63, 3.8) is 0 Å². The Kier molecular flexibility index (Phi) is 6.18. The molecule has 4 nitrogen and oxygen atoms in total. The van der Waals surface area contributed by atoms with Crippen molar-refractivity contribution in [2.75, 3.05) is 39.3 Å². The van der Waals surface area contributed by atoms with Gasteiger partial charge in [0.15, 0.2) is 0 Å². The van der Waals surface area contributed by atoms with E-state index in [1.54, 1.807) is 4.90 Å². The normalized spacial score (nSPS) is 22.2. The van der Waals surface area contributed by atoms with Gasteiger partial charge in [0, 0.05) is 16.7 Å². The molecule has 142 valence electrons. The second kappa shape index (κ2) is 7.65. The number of aromatic hydroxyl groups is 1. The molecule has 1 aromatic carbocycles. The van der Waals surface area contributed by atoms with Gasteiger partial charge in [-0.3, -0.25) is 0 Å². The lowest BCUT2D eigenvalue weighted by atomic mass is 9.78. The van der Waals surface area contributed by atoms with E-state index in [4.69, 9.17) is 5.11 Å². The SMILES string of the molecule is CC(C)(C)c1cc(C[NH+]2CC[NH+](CCO)CC2)cc(C(C)(C)C)c1O. The number of aliphatic hydroxyl groups excluding tert-OH is 1. The van der Waals surface area contributed by atoms with Crippen LogP contribution in [0.15, 0.2) is 12.1 Å². The molecule has 1 heterocycles. The summed E-state index contributed by atoms with van der Waals surface area (Å²) < 4.78 is 0. The number of rotatable bonds is 4. The van der Waals surface area contributed by atoms with Gasteiger partial charge in [-0.15, -0.1) is 0 Å². The van der Waals surface area contributed by atoms with Gasteiger partial charge in [-0.1, -0.05) is 41.5 Å². The number of nitrogens with one attached hydrogen (secondary N) is 2. The minimum Gasteiger partial charge on any atom is -0.507 e. The van der Waals surface area contributed by atoms with E-state index in [0.29, 0.717) is 5.75 Å². The minimum absolute atomic E-state index is 0.0700. The summed E-state index contributed by atoms with van der Waals surface area (Å²) in [6, 6.07) is 4.43. The molecule has 1 saturated heterocycles. The van der Waals surface area contributed by atoms with Crippen LogP contribution in [0.25, 0.3) is 0 Å². The lowest BCUT2D eigenvalue weighted by molar-refractivity contribution is -1.02. The molecule has 1 aliphatic rings. The summed E-state index contributed by atoms with van der Waals surface area (Å²) in [6.45, 7) is 19.7. The summed E-state index contributed by atoms with van der Waals surface area (Å²) in [7, 11) is 0. The van der Waals surface area contributed by atoms with E-state index in [-0.39, 0.29) is 17.4 Å². The number of aliphatic hydroxyl groups is 1. The molecule has 2 rings (SSSR count). The summed E-state index contributed by atoms with van der Waals surface area (Å²) in [5, 5.41) is 20.0. The van der Waals surface area contributed by atoms with Crippen molar-refractivity contribution in [3.05, 3.63) is 28.8 Å². The highest BCUT2D eigenvalue weighted by Crippen LogP contribution is 2.39. The molecule has 0 saturated carbocycles. The molecule has 0 atom stereocenters. The van der Waals surface area contributed by atoms with Crippen molar-refractivity contribution >= 4 is 0 Å². The maximum Gasteiger partial charge on any atom is 0.127 e. The molecule has 0 unspecified atom stereocenters. The van der Waals surface area contributed by atoms with Crippen LogP contribution in [-0.2, 0) is 17.4 Å². The molecule has 0 spiro atoms. The molecule has 0 aliphatic carbocycles. The number of phenols is 1. The molecule has 0 amide bonds. The van der Waals surface area contributed by atoms with Crippen LogP contribution in [0.3, 0.4) is 0 Å². The van der Waals surface area contributed by atoms with Crippen LogP contribution in [0.2, 0.25) is 0 Å². The Morgan fingerprint density at radius 3 is 1.68 bits per heavy atom. The Morgan fingerprint density at radius 2 is 1.28 bits per heavy atom. The summed E-state index contributed by atoms with van der Waals surface area (Å²) in [5.74, 6) is 0.468. The molecule has 1 fully saturated rings. The Morgan fingerprint density at radius 1 is 0.840 bits per heavy atom. The van der Waals surface area contributed by atoms with Crippen molar-refractivity contribution in [2.24, 2.45) is 0 Å². The third-order valence-electron chi connectivity index (χ3n) is 5.37. The average Bonchev–Trinajstić information content (AvgIpc) is 2.49. The van der Waals surface area contributed by atoms with E-state index in [9.17, 15) is 5.11 Å². The molecule has 0 radical (unpaired) electrons. The Balaban J connectivity index is 2.24. The molecule has 1 aliphatic heterocycles. The Hall–Kier alpha value is -1.10. The average molecular weight is 351 g/mol. The van der Waals surface area contributed by atoms with Gasteiger partial charge in [0.1, 0.15) is 45.0 Å². The molecule has 0 aromatic heterocycles. The van der Waals surface area contributed by atoms with Gasteiger partial charge in [-0.2, -0.15) is 0 Å². The zero-order chi connectivity index (χ0) is 18.8. The maximum absolute atomic E-state index is 10.9. The zero-order valence-corrected chi connectivity index (χ0v) is 17.0. The van der Waals surface area contributed by atoms with E-state index in [1.165, 1.54) is 10.5 Å². The van der Waals surface area contributed by atoms with Crippen LogP contribution in [0.5, 0.6) is 5.75 Å². The lowest BCUT2D eigenvalue weighted by Gasteiger charge is -2.31. The molecular formula is C21H38N2O2+2. The fraction of sp³-hybridized carbons (Fsp3) is 0.714. The quantitative estimate of drug-likeness (QED) is 0.630. The highest BCUT2D eigenvalue weighted by Gasteiger charge is 2.28. The van der Waals surface area contributed by atoms with E-state index in [2.05, 4.69) is 53.7 Å². The second-order valence-corrected chi connectivity index (χ2v) is 9.69. The van der Waals surface area contributed by atoms with Crippen LogP contribution in [0.4, 0.5) is 0 Å². The summed E-state index contributed by atoms with van der Waals surface area (Å²) in [6.07, 6.45) is 0. The van der Waals surface area contributed by atoms with Gasteiger partial charge in [-0.05, 0) is 23.0 Å². The number of hydrogen-bond donors (Lipinski definition) is 4. The monoisotopic (exact) mass is 350 g/mol. The van der Waals surface area contributed by atoms with Crippen LogP contribution >= 0.6 is 0 Å². The van der Waals surface area contributed by atoms with E-state index in [1.807, 2.05) is 0 Å². The van der Waals surface area contributed by atoms with E-state index >= 15 is 0 Å². The fourth-order valence-corrected chi connectivity index (χ4v) is 3.77. The first-order valence-corrected chi connectivity index (χ1v) is 9.67. The lowest BCUT2D eigenvalue weighted by Crippen LogP contribution is -3.27. The molecule has 4 heteroatoms. The molecular weight excluding hydrogens is 312 g/mol. The van der Waals surface area contributed by atoms with Gasteiger partial charge in [0.2, 0.25) is 0 Å².